The Morgan fingerprint density at radius 1 is 1.07 bits per heavy atom. The number of para-hydroxylation sites is 2. The molecule has 0 aliphatic rings. The van der Waals surface area contributed by atoms with Crippen LogP contribution in [0.25, 0.3) is 0 Å². The smallest absolute Gasteiger partial charge is 0.335 e. The molecule has 0 bridgehead atoms. The summed E-state index contributed by atoms with van der Waals surface area (Å²) in [5.41, 5.74) is -0.658. The summed E-state index contributed by atoms with van der Waals surface area (Å²) in [6, 6.07) is 11.8. The van der Waals surface area contributed by atoms with Gasteiger partial charge in [-0.15, -0.1) is 0 Å². The van der Waals surface area contributed by atoms with E-state index in [1.54, 1.807) is 47.4 Å². The van der Waals surface area contributed by atoms with Crippen molar-refractivity contribution in [3.63, 3.8) is 0 Å². The standard InChI is InChI=1S/C18H12Cl2FN3O3/c19-11-5-3-6-12(20)16(11)22-14-7-2-1-4-10(14)8-15(25)24-9-13(21)17(26)23-18(24)27/h1-7,9,22H,8H2,(H,23,26,27). The first kappa shape index (κ1) is 18.9. The third-order valence-electron chi connectivity index (χ3n) is 3.75. The molecule has 2 aromatic carbocycles. The monoisotopic (exact) mass is 407 g/mol. The maximum Gasteiger partial charge on any atom is 0.335 e. The lowest BCUT2D eigenvalue weighted by atomic mass is 10.1. The molecule has 2 N–H and O–H groups in total. The Kier molecular flexibility index (Phi) is 5.43. The van der Waals surface area contributed by atoms with Gasteiger partial charge in [-0.25, -0.2) is 9.36 Å². The van der Waals surface area contributed by atoms with E-state index in [2.05, 4.69) is 5.32 Å². The Morgan fingerprint density at radius 2 is 1.74 bits per heavy atom. The Balaban J connectivity index is 1.93. The van der Waals surface area contributed by atoms with Crippen LogP contribution in [0.2, 0.25) is 10.0 Å². The van der Waals surface area contributed by atoms with Crippen molar-refractivity contribution in [1.82, 2.24) is 9.55 Å². The predicted octanol–water partition coefficient (Wildman–Crippen LogP) is 3.61. The van der Waals surface area contributed by atoms with E-state index in [-0.39, 0.29) is 6.42 Å². The number of carbonyl (C=O) groups is 1. The molecule has 0 spiro atoms. The van der Waals surface area contributed by atoms with Crippen LogP contribution < -0.4 is 16.6 Å². The Hall–Kier alpha value is -2.90. The van der Waals surface area contributed by atoms with Crippen LogP contribution in [0.5, 0.6) is 0 Å². The van der Waals surface area contributed by atoms with E-state index in [1.165, 1.54) is 0 Å². The van der Waals surface area contributed by atoms with E-state index in [9.17, 15) is 18.8 Å². The second kappa shape index (κ2) is 7.77. The molecule has 1 heterocycles. The number of H-pyrrole nitrogens is 1. The molecule has 3 aromatic rings. The maximum absolute atomic E-state index is 13.4. The topological polar surface area (TPSA) is 84.0 Å². The molecular weight excluding hydrogens is 396 g/mol. The zero-order valence-corrected chi connectivity index (χ0v) is 15.1. The van der Waals surface area contributed by atoms with Crippen LogP contribution in [-0.2, 0) is 6.42 Å². The second-order valence-corrected chi connectivity index (χ2v) is 6.37. The normalized spacial score (nSPS) is 10.6. The van der Waals surface area contributed by atoms with Crippen molar-refractivity contribution in [3.05, 3.63) is 90.9 Å². The predicted molar refractivity (Wildman–Crippen MR) is 102 cm³/mol. The van der Waals surface area contributed by atoms with Gasteiger partial charge in [0.15, 0.2) is 0 Å². The molecule has 0 aliphatic carbocycles. The molecule has 0 fully saturated rings. The fourth-order valence-electron chi connectivity index (χ4n) is 2.43. The van der Waals surface area contributed by atoms with E-state index in [4.69, 9.17) is 23.2 Å². The van der Waals surface area contributed by atoms with Crippen LogP contribution in [0.15, 0.2) is 58.3 Å². The van der Waals surface area contributed by atoms with Gasteiger partial charge < -0.3 is 5.32 Å². The van der Waals surface area contributed by atoms with Crippen LogP contribution in [0.4, 0.5) is 15.8 Å². The SMILES string of the molecule is O=C(Cc1ccccc1Nc1c(Cl)cccc1Cl)n1cc(F)c(=O)[nH]c1=O. The van der Waals surface area contributed by atoms with Gasteiger partial charge in [-0.05, 0) is 23.8 Å². The van der Waals surface area contributed by atoms with Gasteiger partial charge in [0.1, 0.15) is 0 Å². The summed E-state index contributed by atoms with van der Waals surface area (Å²) in [5.74, 6) is -1.94. The number of nitrogens with zero attached hydrogens (tertiary/aromatic N) is 1. The summed E-state index contributed by atoms with van der Waals surface area (Å²) in [4.78, 5) is 37.0. The minimum atomic E-state index is -1.22. The number of halogens is 3. The molecule has 1 aromatic heterocycles. The minimum absolute atomic E-state index is 0.226. The molecule has 0 aliphatic heterocycles. The first-order chi connectivity index (χ1) is 12.9. The highest BCUT2D eigenvalue weighted by molar-refractivity contribution is 6.39. The third-order valence-corrected chi connectivity index (χ3v) is 4.38. The van der Waals surface area contributed by atoms with Crippen LogP contribution in [0, 0.1) is 5.82 Å². The lowest BCUT2D eigenvalue weighted by Gasteiger charge is -2.14. The fraction of sp³-hybridized carbons (Fsp3) is 0.0556. The molecule has 0 saturated heterocycles. The first-order valence-corrected chi connectivity index (χ1v) is 8.46. The van der Waals surface area contributed by atoms with Gasteiger partial charge in [-0.2, -0.15) is 4.39 Å². The van der Waals surface area contributed by atoms with E-state index in [0.29, 0.717) is 37.7 Å². The van der Waals surface area contributed by atoms with Gasteiger partial charge in [0.25, 0.3) is 5.56 Å². The molecule has 27 heavy (non-hydrogen) atoms. The molecule has 6 nitrogen and oxygen atoms in total. The lowest BCUT2D eigenvalue weighted by Crippen LogP contribution is -2.35. The van der Waals surface area contributed by atoms with E-state index < -0.39 is 23.0 Å². The summed E-state index contributed by atoms with van der Waals surface area (Å²) in [6.45, 7) is 0. The summed E-state index contributed by atoms with van der Waals surface area (Å²) < 4.78 is 13.9. The Morgan fingerprint density at radius 3 is 2.44 bits per heavy atom. The van der Waals surface area contributed by atoms with Crippen molar-refractivity contribution in [3.8, 4) is 0 Å². The van der Waals surface area contributed by atoms with Crippen molar-refractivity contribution < 1.29 is 9.18 Å². The van der Waals surface area contributed by atoms with Crippen molar-refractivity contribution >= 4 is 40.5 Å². The molecule has 3 rings (SSSR count). The number of anilines is 2. The zero-order chi connectivity index (χ0) is 19.6. The summed E-state index contributed by atoms with van der Waals surface area (Å²) in [6.07, 6.45) is 0.348. The van der Waals surface area contributed by atoms with Gasteiger partial charge >= 0.3 is 5.69 Å². The summed E-state index contributed by atoms with van der Waals surface area (Å²) >= 11 is 12.3. The number of benzene rings is 2. The molecule has 0 saturated carbocycles. The van der Waals surface area contributed by atoms with Gasteiger partial charge in [-0.3, -0.25) is 14.6 Å². The molecule has 0 amide bonds. The van der Waals surface area contributed by atoms with E-state index in [1.807, 2.05) is 0 Å². The van der Waals surface area contributed by atoms with Crippen molar-refractivity contribution in [2.75, 3.05) is 5.32 Å². The third kappa shape index (κ3) is 4.10. The largest absolute Gasteiger partial charge is 0.353 e. The summed E-state index contributed by atoms with van der Waals surface area (Å²) in [5, 5.41) is 3.85. The van der Waals surface area contributed by atoms with Crippen LogP contribution in [0.3, 0.4) is 0 Å². The number of hydrogen-bond donors (Lipinski definition) is 2. The summed E-state index contributed by atoms with van der Waals surface area (Å²) in [7, 11) is 0. The number of aromatic amines is 1. The highest BCUT2D eigenvalue weighted by Gasteiger charge is 2.15. The Labute approximate surface area is 162 Å². The van der Waals surface area contributed by atoms with Crippen LogP contribution in [0.1, 0.15) is 10.4 Å². The van der Waals surface area contributed by atoms with Crippen molar-refractivity contribution in [2.45, 2.75) is 6.42 Å². The quantitative estimate of drug-likeness (QED) is 0.691. The van der Waals surface area contributed by atoms with E-state index >= 15 is 0 Å². The fourth-order valence-corrected chi connectivity index (χ4v) is 2.92. The first-order valence-electron chi connectivity index (χ1n) is 7.70. The zero-order valence-electron chi connectivity index (χ0n) is 13.6. The van der Waals surface area contributed by atoms with Gasteiger partial charge in [0, 0.05) is 5.69 Å². The number of rotatable bonds is 4. The molecule has 138 valence electrons. The average molecular weight is 408 g/mol. The maximum atomic E-state index is 13.4. The number of nitrogens with one attached hydrogen (secondary N) is 2. The molecular formula is C18H12Cl2FN3O3. The second-order valence-electron chi connectivity index (χ2n) is 5.56. The Bertz CT molecular complexity index is 1120. The molecule has 0 unspecified atom stereocenters. The molecule has 0 atom stereocenters. The van der Waals surface area contributed by atoms with Crippen LogP contribution in [-0.4, -0.2) is 15.5 Å². The average Bonchev–Trinajstić information content (AvgIpc) is 2.62. The number of carbonyl (C=O) groups excluding carboxylic acids is 1. The molecule has 9 heteroatoms. The minimum Gasteiger partial charge on any atom is -0.353 e. The number of aromatic nitrogens is 2. The van der Waals surface area contributed by atoms with Gasteiger partial charge in [0.05, 0.1) is 28.4 Å². The van der Waals surface area contributed by atoms with Crippen LogP contribution >= 0.6 is 23.2 Å². The van der Waals surface area contributed by atoms with Crippen molar-refractivity contribution in [2.24, 2.45) is 0 Å². The van der Waals surface area contributed by atoms with Gasteiger partial charge in [-0.1, -0.05) is 47.5 Å². The molecule has 0 radical (unpaired) electrons. The highest BCUT2D eigenvalue weighted by Crippen LogP contribution is 2.33. The lowest BCUT2D eigenvalue weighted by molar-refractivity contribution is 0.0906. The van der Waals surface area contributed by atoms with Crippen molar-refractivity contribution in [1.29, 1.82) is 0 Å². The van der Waals surface area contributed by atoms with E-state index in [0.717, 1.165) is 0 Å². The highest BCUT2D eigenvalue weighted by atomic mass is 35.5. The van der Waals surface area contributed by atoms with Gasteiger partial charge in [0.2, 0.25) is 11.7 Å². The number of hydrogen-bond acceptors (Lipinski definition) is 4.